The predicted octanol–water partition coefficient (Wildman–Crippen LogP) is 1.17. The summed E-state index contributed by atoms with van der Waals surface area (Å²) in [6, 6.07) is 0. The van der Waals surface area contributed by atoms with Gasteiger partial charge in [-0.25, -0.2) is 0 Å². The third-order valence-electron chi connectivity index (χ3n) is 0.957. The summed E-state index contributed by atoms with van der Waals surface area (Å²) in [5.41, 5.74) is -0.0278. The van der Waals surface area contributed by atoms with Crippen molar-refractivity contribution in [2.75, 3.05) is 0 Å². The van der Waals surface area contributed by atoms with E-state index < -0.39 is 0 Å². The first kappa shape index (κ1) is 4.62. The number of rotatable bonds is 0. The maximum Gasteiger partial charge on any atom is 0.137 e. The largest absolute Gasteiger partial charge is 0.390 e. The van der Waals surface area contributed by atoms with E-state index in [2.05, 4.69) is 5.16 Å². The second-order valence-electron chi connectivity index (χ2n) is 2.34. The molecule has 0 N–H and O–H groups in total. The van der Waals surface area contributed by atoms with E-state index in [9.17, 15) is 0 Å². The lowest BCUT2D eigenvalue weighted by atomic mass is 10.1. The predicted molar refractivity (Wildman–Crippen MR) is 28.3 cm³/mol. The maximum atomic E-state index is 4.91. The monoisotopic (exact) mass is 99.1 g/mol. The van der Waals surface area contributed by atoms with Crippen LogP contribution in [0.25, 0.3) is 0 Å². The number of oxime groups is 1. The number of hydrogen-bond acceptors (Lipinski definition) is 2. The molecular weight excluding hydrogens is 90.1 g/mol. The molecule has 2 nitrogen and oxygen atoms in total. The molecule has 1 aliphatic rings. The Morgan fingerprint density at radius 2 is 2.43 bits per heavy atom. The summed E-state index contributed by atoms with van der Waals surface area (Å²) in [4.78, 5) is 4.91. The highest BCUT2D eigenvalue weighted by Gasteiger charge is 2.21. The highest BCUT2D eigenvalue weighted by molar-refractivity contribution is 5.59. The fourth-order valence-corrected chi connectivity index (χ4v) is 0.474. The van der Waals surface area contributed by atoms with Gasteiger partial charge in [0.25, 0.3) is 0 Å². The quantitative estimate of drug-likeness (QED) is 0.446. The fourth-order valence-electron chi connectivity index (χ4n) is 0.474. The molecule has 7 heavy (non-hydrogen) atoms. The van der Waals surface area contributed by atoms with Crippen molar-refractivity contribution in [2.24, 2.45) is 5.16 Å². The lowest BCUT2D eigenvalue weighted by Gasteiger charge is -2.12. The van der Waals surface area contributed by atoms with E-state index in [1.807, 2.05) is 13.8 Å². The van der Waals surface area contributed by atoms with Crippen molar-refractivity contribution in [3.63, 3.8) is 0 Å². The molecule has 1 aliphatic heterocycles. The van der Waals surface area contributed by atoms with Crippen LogP contribution in [0.4, 0.5) is 0 Å². The van der Waals surface area contributed by atoms with Crippen molar-refractivity contribution in [2.45, 2.75) is 25.9 Å². The Bertz CT molecular complexity index is 86.3. The zero-order chi connectivity index (χ0) is 5.33. The number of nitrogens with zero attached hydrogens (tertiary/aromatic N) is 1. The third kappa shape index (κ3) is 0.918. The van der Waals surface area contributed by atoms with Gasteiger partial charge >= 0.3 is 0 Å². The summed E-state index contributed by atoms with van der Waals surface area (Å²) < 4.78 is 0. The minimum absolute atomic E-state index is 0.0278. The summed E-state index contributed by atoms with van der Waals surface area (Å²) in [6.07, 6.45) is 2.73. The summed E-state index contributed by atoms with van der Waals surface area (Å²) in [5.74, 6) is 0. The van der Waals surface area contributed by atoms with Gasteiger partial charge in [0.15, 0.2) is 0 Å². The van der Waals surface area contributed by atoms with E-state index >= 15 is 0 Å². The topological polar surface area (TPSA) is 21.6 Å². The summed E-state index contributed by atoms with van der Waals surface area (Å²) in [7, 11) is 0. The molecule has 0 spiro atoms. The van der Waals surface area contributed by atoms with Crippen LogP contribution in [0.3, 0.4) is 0 Å². The molecule has 0 radical (unpaired) electrons. The Morgan fingerprint density at radius 3 is 2.57 bits per heavy atom. The Kier molecular flexibility index (Phi) is 0.805. The van der Waals surface area contributed by atoms with Gasteiger partial charge in [-0.15, -0.1) is 0 Å². The highest BCUT2D eigenvalue weighted by Crippen LogP contribution is 2.17. The molecule has 0 aromatic rings. The molecule has 1 rings (SSSR count). The Morgan fingerprint density at radius 1 is 1.71 bits per heavy atom. The average Bonchev–Trinajstić information content (AvgIpc) is 1.84. The van der Waals surface area contributed by atoms with Crippen LogP contribution in [0, 0.1) is 0 Å². The van der Waals surface area contributed by atoms with Crippen LogP contribution < -0.4 is 0 Å². The molecule has 0 atom stereocenters. The lowest BCUT2D eigenvalue weighted by molar-refractivity contribution is 0.0123. The van der Waals surface area contributed by atoms with Crippen LogP contribution in [0.1, 0.15) is 20.3 Å². The Labute approximate surface area is 43.2 Å². The molecule has 0 aromatic heterocycles. The van der Waals surface area contributed by atoms with Gasteiger partial charge in [0.1, 0.15) is 5.60 Å². The second-order valence-corrected chi connectivity index (χ2v) is 2.34. The van der Waals surface area contributed by atoms with Crippen molar-refractivity contribution in [3.05, 3.63) is 0 Å². The van der Waals surface area contributed by atoms with Crippen molar-refractivity contribution in [3.8, 4) is 0 Å². The van der Waals surface area contributed by atoms with E-state index in [-0.39, 0.29) is 5.60 Å². The normalized spacial score (nSPS) is 24.9. The molecule has 0 saturated carbocycles. The van der Waals surface area contributed by atoms with Crippen LogP contribution in [0.2, 0.25) is 0 Å². The molecule has 0 bridgehead atoms. The fraction of sp³-hybridized carbons (Fsp3) is 0.800. The molecule has 0 amide bonds. The Hall–Kier alpha value is -0.530. The zero-order valence-corrected chi connectivity index (χ0v) is 4.64. The molecule has 0 aliphatic carbocycles. The minimum Gasteiger partial charge on any atom is -0.390 e. The first-order valence-electron chi connectivity index (χ1n) is 2.41. The van der Waals surface area contributed by atoms with Crippen LogP contribution in [-0.4, -0.2) is 11.8 Å². The van der Waals surface area contributed by atoms with E-state index in [0.717, 1.165) is 6.42 Å². The van der Waals surface area contributed by atoms with Crippen molar-refractivity contribution < 1.29 is 4.84 Å². The van der Waals surface area contributed by atoms with E-state index in [0.29, 0.717) is 0 Å². The zero-order valence-electron chi connectivity index (χ0n) is 4.64. The number of hydrogen-bond donors (Lipinski definition) is 0. The van der Waals surface area contributed by atoms with Crippen LogP contribution >= 0.6 is 0 Å². The first-order chi connectivity index (χ1) is 3.21. The highest BCUT2D eigenvalue weighted by atomic mass is 16.7. The van der Waals surface area contributed by atoms with E-state index in [1.54, 1.807) is 6.21 Å². The second kappa shape index (κ2) is 1.22. The molecule has 0 unspecified atom stereocenters. The average molecular weight is 99.1 g/mol. The summed E-state index contributed by atoms with van der Waals surface area (Å²) in [6.45, 7) is 4.03. The third-order valence-corrected chi connectivity index (χ3v) is 0.957. The van der Waals surface area contributed by atoms with Gasteiger partial charge in [-0.1, -0.05) is 5.16 Å². The van der Waals surface area contributed by atoms with Gasteiger partial charge in [0, 0.05) is 12.6 Å². The molecule has 40 valence electrons. The molecular formula is C5H9NO. The van der Waals surface area contributed by atoms with Gasteiger partial charge in [-0.3, -0.25) is 0 Å². The van der Waals surface area contributed by atoms with Crippen LogP contribution in [0.5, 0.6) is 0 Å². The van der Waals surface area contributed by atoms with Gasteiger partial charge in [0.05, 0.1) is 0 Å². The molecule has 0 saturated heterocycles. The standard InChI is InChI=1S/C5H9NO/c1-5(2)3-4-6-7-5/h4H,3H2,1-2H3. The summed E-state index contributed by atoms with van der Waals surface area (Å²) >= 11 is 0. The molecule has 0 fully saturated rings. The van der Waals surface area contributed by atoms with Gasteiger partial charge < -0.3 is 4.84 Å². The lowest BCUT2D eigenvalue weighted by Crippen LogP contribution is -2.16. The van der Waals surface area contributed by atoms with Gasteiger partial charge in [0.2, 0.25) is 0 Å². The van der Waals surface area contributed by atoms with E-state index in [1.165, 1.54) is 0 Å². The van der Waals surface area contributed by atoms with Crippen LogP contribution in [-0.2, 0) is 4.84 Å². The van der Waals surface area contributed by atoms with Crippen molar-refractivity contribution in [1.29, 1.82) is 0 Å². The Balaban J connectivity index is 2.49. The molecule has 2 heteroatoms. The smallest absolute Gasteiger partial charge is 0.137 e. The van der Waals surface area contributed by atoms with Crippen molar-refractivity contribution in [1.82, 2.24) is 0 Å². The minimum atomic E-state index is -0.0278. The molecule has 0 aromatic carbocycles. The van der Waals surface area contributed by atoms with Gasteiger partial charge in [-0.05, 0) is 13.8 Å². The first-order valence-corrected chi connectivity index (χ1v) is 2.41. The van der Waals surface area contributed by atoms with Gasteiger partial charge in [-0.2, -0.15) is 0 Å². The van der Waals surface area contributed by atoms with Crippen molar-refractivity contribution >= 4 is 6.21 Å². The van der Waals surface area contributed by atoms with E-state index in [4.69, 9.17) is 4.84 Å². The summed E-state index contributed by atoms with van der Waals surface area (Å²) in [5, 5.41) is 3.61. The SMILES string of the molecule is CC1(C)CC=NO1. The molecule has 1 heterocycles. The van der Waals surface area contributed by atoms with Crippen LogP contribution in [0.15, 0.2) is 5.16 Å². The maximum absolute atomic E-state index is 4.91.